The maximum Gasteiger partial charge on any atom is 0.357 e. The Morgan fingerprint density at radius 2 is 1.96 bits per heavy atom. The first kappa shape index (κ1) is 20.5. The number of rotatable bonds is 7. The van der Waals surface area contributed by atoms with Gasteiger partial charge in [-0.2, -0.15) is 0 Å². The lowest BCUT2D eigenvalue weighted by Crippen LogP contribution is -2.39. The minimum Gasteiger partial charge on any atom is -0.497 e. The molecule has 1 N–H and O–H groups in total. The van der Waals surface area contributed by atoms with Crippen LogP contribution >= 0.6 is 11.3 Å². The third-order valence-corrected chi connectivity index (χ3v) is 4.62. The molecule has 0 bridgehead atoms. The summed E-state index contributed by atoms with van der Waals surface area (Å²) in [7, 11) is 4.39. The summed E-state index contributed by atoms with van der Waals surface area (Å²) in [5.41, 5.74) is 0.766. The maximum absolute atomic E-state index is 12.8. The number of hydrogen-bond acceptors (Lipinski definition) is 7. The predicted octanol–water partition coefficient (Wildman–Crippen LogP) is 3.39. The number of carbonyl (C=O) groups is 2. The highest BCUT2D eigenvalue weighted by Gasteiger charge is 2.21. The summed E-state index contributed by atoms with van der Waals surface area (Å²) in [5, 5.41) is 5.10. The van der Waals surface area contributed by atoms with Crippen LogP contribution in [0.2, 0.25) is 0 Å². The van der Waals surface area contributed by atoms with Gasteiger partial charge in [0.15, 0.2) is 5.69 Å². The topological polar surface area (TPSA) is 90.0 Å². The van der Waals surface area contributed by atoms with Crippen LogP contribution in [0.3, 0.4) is 0 Å². The molecule has 9 heteroatoms. The fourth-order valence-electron chi connectivity index (χ4n) is 2.31. The molecule has 0 aliphatic heterocycles. The standard InChI is InChI=1S/C18H23N3O5S/c1-11(2)21(9-16-19-14(10-27-16)17(22)26-5)18(23)20-13-7-6-12(24-3)8-15(13)25-4/h6-8,10-11H,9H2,1-5H3,(H,20,23). The van der Waals surface area contributed by atoms with Crippen molar-refractivity contribution in [2.24, 2.45) is 0 Å². The quantitative estimate of drug-likeness (QED) is 0.725. The number of methoxy groups -OCH3 is 3. The molecule has 0 aliphatic carbocycles. The van der Waals surface area contributed by atoms with Gasteiger partial charge < -0.3 is 24.4 Å². The van der Waals surface area contributed by atoms with Crippen molar-refractivity contribution < 1.29 is 23.8 Å². The molecule has 1 aromatic heterocycles. The Kier molecular flexibility index (Phi) is 7.00. The number of nitrogens with zero attached hydrogens (tertiary/aromatic N) is 2. The fourth-order valence-corrected chi connectivity index (χ4v) is 3.07. The number of nitrogens with one attached hydrogen (secondary N) is 1. The third-order valence-electron chi connectivity index (χ3n) is 3.79. The molecule has 8 nitrogen and oxygen atoms in total. The van der Waals surface area contributed by atoms with E-state index in [1.165, 1.54) is 25.6 Å². The van der Waals surface area contributed by atoms with Gasteiger partial charge in [-0.3, -0.25) is 0 Å². The molecule has 2 rings (SSSR count). The van der Waals surface area contributed by atoms with Crippen LogP contribution in [0.4, 0.5) is 10.5 Å². The van der Waals surface area contributed by atoms with Gasteiger partial charge in [0.25, 0.3) is 0 Å². The molecule has 0 atom stereocenters. The van der Waals surface area contributed by atoms with Gasteiger partial charge in [0, 0.05) is 17.5 Å². The fraction of sp³-hybridized carbons (Fsp3) is 0.389. The number of carbonyl (C=O) groups excluding carboxylic acids is 2. The summed E-state index contributed by atoms with van der Waals surface area (Å²) >= 11 is 1.30. The number of aromatic nitrogens is 1. The first-order valence-electron chi connectivity index (χ1n) is 8.22. The van der Waals surface area contributed by atoms with Crippen LogP contribution in [0.15, 0.2) is 23.6 Å². The molecule has 2 aromatic rings. The van der Waals surface area contributed by atoms with Crippen LogP contribution in [0.25, 0.3) is 0 Å². The van der Waals surface area contributed by atoms with Crippen molar-refractivity contribution in [2.45, 2.75) is 26.4 Å². The van der Waals surface area contributed by atoms with Gasteiger partial charge in [0.1, 0.15) is 16.5 Å². The van der Waals surface area contributed by atoms with Crippen molar-refractivity contribution in [3.05, 3.63) is 34.3 Å². The zero-order valence-electron chi connectivity index (χ0n) is 15.9. The minimum atomic E-state index is -0.499. The minimum absolute atomic E-state index is 0.0836. The van der Waals surface area contributed by atoms with E-state index < -0.39 is 5.97 Å². The van der Waals surface area contributed by atoms with E-state index in [0.717, 1.165) is 0 Å². The summed E-state index contributed by atoms with van der Waals surface area (Å²) in [6.07, 6.45) is 0. The van der Waals surface area contributed by atoms with Crippen LogP contribution in [-0.4, -0.2) is 49.3 Å². The highest BCUT2D eigenvalue weighted by atomic mass is 32.1. The van der Waals surface area contributed by atoms with E-state index in [2.05, 4.69) is 15.0 Å². The second-order valence-corrected chi connectivity index (χ2v) is 6.78. The Morgan fingerprint density at radius 3 is 2.56 bits per heavy atom. The SMILES string of the molecule is COC(=O)c1csc(CN(C(=O)Nc2ccc(OC)cc2OC)C(C)C)n1. The molecule has 1 heterocycles. The van der Waals surface area contributed by atoms with Gasteiger partial charge in [-0.05, 0) is 26.0 Å². The number of hydrogen-bond donors (Lipinski definition) is 1. The molecule has 0 fully saturated rings. The summed E-state index contributed by atoms with van der Waals surface area (Å²) in [4.78, 5) is 30.2. The maximum atomic E-state index is 12.8. The molecule has 146 valence electrons. The Morgan fingerprint density at radius 1 is 1.22 bits per heavy atom. The molecule has 0 saturated heterocycles. The van der Waals surface area contributed by atoms with Crippen LogP contribution < -0.4 is 14.8 Å². The zero-order valence-corrected chi connectivity index (χ0v) is 16.8. The van der Waals surface area contributed by atoms with Crippen LogP contribution in [-0.2, 0) is 11.3 Å². The largest absolute Gasteiger partial charge is 0.497 e. The number of thiazole rings is 1. The van der Waals surface area contributed by atoms with E-state index in [1.54, 1.807) is 35.6 Å². The molecule has 27 heavy (non-hydrogen) atoms. The summed E-state index contributed by atoms with van der Waals surface area (Å²) in [6, 6.07) is 4.76. The van der Waals surface area contributed by atoms with Crippen molar-refractivity contribution in [2.75, 3.05) is 26.6 Å². The molecule has 0 aliphatic rings. The molecule has 1 aromatic carbocycles. The lowest BCUT2D eigenvalue weighted by Gasteiger charge is -2.26. The Labute approximate surface area is 162 Å². The van der Waals surface area contributed by atoms with Crippen LogP contribution in [0.5, 0.6) is 11.5 Å². The molecular formula is C18H23N3O5S. The monoisotopic (exact) mass is 393 g/mol. The van der Waals surface area contributed by atoms with E-state index in [0.29, 0.717) is 22.2 Å². The van der Waals surface area contributed by atoms with Gasteiger partial charge in [0.2, 0.25) is 0 Å². The van der Waals surface area contributed by atoms with Crippen LogP contribution in [0, 0.1) is 0 Å². The lowest BCUT2D eigenvalue weighted by atomic mass is 10.2. The Hall–Kier alpha value is -2.81. The Balaban J connectivity index is 2.15. The second-order valence-electron chi connectivity index (χ2n) is 5.84. The number of ether oxygens (including phenoxy) is 3. The van der Waals surface area contributed by atoms with Crippen molar-refractivity contribution in [3.8, 4) is 11.5 Å². The number of esters is 1. The first-order valence-corrected chi connectivity index (χ1v) is 9.10. The van der Waals surface area contributed by atoms with Gasteiger partial charge in [-0.15, -0.1) is 11.3 Å². The predicted molar refractivity (Wildman–Crippen MR) is 103 cm³/mol. The molecule has 0 unspecified atom stereocenters. The van der Waals surface area contributed by atoms with Crippen molar-refractivity contribution in [1.29, 1.82) is 0 Å². The number of amides is 2. The van der Waals surface area contributed by atoms with E-state index in [9.17, 15) is 9.59 Å². The van der Waals surface area contributed by atoms with E-state index in [-0.39, 0.29) is 24.3 Å². The normalized spacial score (nSPS) is 10.4. The molecular weight excluding hydrogens is 370 g/mol. The number of benzene rings is 1. The number of anilines is 1. The smallest absolute Gasteiger partial charge is 0.357 e. The average molecular weight is 393 g/mol. The highest BCUT2D eigenvalue weighted by molar-refractivity contribution is 7.09. The van der Waals surface area contributed by atoms with E-state index in [4.69, 9.17) is 9.47 Å². The molecule has 2 amide bonds. The van der Waals surface area contributed by atoms with E-state index >= 15 is 0 Å². The Bertz CT molecular complexity index is 806. The average Bonchev–Trinajstić information content (AvgIpc) is 3.14. The van der Waals surface area contributed by atoms with Crippen molar-refractivity contribution in [3.63, 3.8) is 0 Å². The zero-order chi connectivity index (χ0) is 20.0. The van der Waals surface area contributed by atoms with Crippen LogP contribution in [0.1, 0.15) is 29.3 Å². The molecule has 0 radical (unpaired) electrons. The summed E-state index contributed by atoms with van der Waals surface area (Å²) < 4.78 is 15.1. The third kappa shape index (κ3) is 5.10. The summed E-state index contributed by atoms with van der Waals surface area (Å²) in [6.45, 7) is 4.07. The molecule has 0 spiro atoms. The second kappa shape index (κ2) is 9.22. The lowest BCUT2D eigenvalue weighted by molar-refractivity contribution is 0.0594. The van der Waals surface area contributed by atoms with Gasteiger partial charge in [-0.25, -0.2) is 14.6 Å². The van der Waals surface area contributed by atoms with Gasteiger partial charge >= 0.3 is 12.0 Å². The first-order chi connectivity index (χ1) is 12.9. The molecule has 0 saturated carbocycles. The number of urea groups is 1. The van der Waals surface area contributed by atoms with E-state index in [1.807, 2.05) is 13.8 Å². The van der Waals surface area contributed by atoms with Crippen molar-refractivity contribution >= 4 is 29.0 Å². The van der Waals surface area contributed by atoms with Gasteiger partial charge in [-0.1, -0.05) is 0 Å². The summed E-state index contributed by atoms with van der Waals surface area (Å²) in [5.74, 6) is 0.623. The highest BCUT2D eigenvalue weighted by Crippen LogP contribution is 2.29. The van der Waals surface area contributed by atoms with Crippen molar-refractivity contribution in [1.82, 2.24) is 9.88 Å². The van der Waals surface area contributed by atoms with Gasteiger partial charge in [0.05, 0.1) is 33.6 Å².